The number of ether oxygens (including phenoxy) is 1. The fraction of sp³-hybridized carbons (Fsp3) is 0.444. The quantitative estimate of drug-likeness (QED) is 0.618. The van der Waals surface area contributed by atoms with Crippen molar-refractivity contribution in [1.29, 1.82) is 0 Å². The number of amides is 4. The molecule has 2 fully saturated rings. The Morgan fingerprint density at radius 1 is 1.08 bits per heavy atom. The third-order valence-electron chi connectivity index (χ3n) is 6.73. The first kappa shape index (κ1) is 26.4. The molecule has 198 valence electrons. The summed E-state index contributed by atoms with van der Waals surface area (Å²) in [5.41, 5.74) is 1.67. The summed E-state index contributed by atoms with van der Waals surface area (Å²) in [7, 11) is 3.29. The summed E-state index contributed by atoms with van der Waals surface area (Å²) in [4.78, 5) is 43.5. The molecule has 0 unspecified atom stereocenters. The molecule has 0 spiro atoms. The number of hydrazine groups is 1. The summed E-state index contributed by atoms with van der Waals surface area (Å²) in [6, 6.07) is 12.3. The van der Waals surface area contributed by atoms with Crippen molar-refractivity contribution >= 4 is 17.8 Å². The van der Waals surface area contributed by atoms with E-state index in [1.165, 1.54) is 17.1 Å². The zero-order valence-corrected chi connectivity index (χ0v) is 21.7. The van der Waals surface area contributed by atoms with Gasteiger partial charge in [0.2, 0.25) is 11.8 Å². The van der Waals surface area contributed by atoms with Gasteiger partial charge in [0.25, 0.3) is 0 Å². The molecule has 2 aliphatic heterocycles. The Kier molecular flexibility index (Phi) is 7.97. The standard InChI is InChI=1S/C27H34FN5O4/c1-18(2)13-23-26(35)31(15-20-7-11-22(37-4)12-8-20)16-24-32(23)25(34)17-30(3)33(24)27(36)29-14-19-5-9-21(28)10-6-19/h5-12,18,23-24H,13-17H2,1-4H3,(H,29,36)/t23-,24-/m0/s1. The van der Waals surface area contributed by atoms with E-state index in [4.69, 9.17) is 4.74 Å². The predicted molar refractivity (Wildman–Crippen MR) is 135 cm³/mol. The molecule has 4 amide bonds. The van der Waals surface area contributed by atoms with Crippen LogP contribution in [-0.2, 0) is 22.7 Å². The highest BCUT2D eigenvalue weighted by atomic mass is 19.1. The van der Waals surface area contributed by atoms with E-state index < -0.39 is 18.2 Å². The molecule has 10 heteroatoms. The van der Waals surface area contributed by atoms with Crippen molar-refractivity contribution in [2.75, 3.05) is 27.2 Å². The lowest BCUT2D eigenvalue weighted by Gasteiger charge is -2.54. The van der Waals surface area contributed by atoms with Gasteiger partial charge < -0.3 is 19.9 Å². The molecular formula is C27H34FN5O4. The number of nitrogens with zero attached hydrogens (tertiary/aromatic N) is 4. The predicted octanol–water partition coefficient (Wildman–Crippen LogP) is 2.82. The molecule has 2 atom stereocenters. The molecule has 2 aromatic rings. The van der Waals surface area contributed by atoms with Crippen LogP contribution in [0.15, 0.2) is 48.5 Å². The van der Waals surface area contributed by atoms with E-state index in [0.717, 1.165) is 16.9 Å². The maximum absolute atomic E-state index is 13.6. The molecule has 2 aliphatic rings. The minimum Gasteiger partial charge on any atom is -0.497 e. The Balaban J connectivity index is 1.59. The SMILES string of the molecule is COc1ccc(CN2C[C@H]3N(C(=O)CN(C)N3C(=O)NCc3ccc(F)cc3)[C@@H](CC(C)C)C2=O)cc1. The van der Waals surface area contributed by atoms with Crippen LogP contribution in [0.2, 0.25) is 0 Å². The zero-order chi connectivity index (χ0) is 26.7. The van der Waals surface area contributed by atoms with Crippen molar-refractivity contribution in [2.24, 2.45) is 5.92 Å². The Labute approximate surface area is 216 Å². The van der Waals surface area contributed by atoms with Gasteiger partial charge in [-0.2, -0.15) is 0 Å². The molecule has 37 heavy (non-hydrogen) atoms. The van der Waals surface area contributed by atoms with Crippen molar-refractivity contribution in [3.05, 3.63) is 65.5 Å². The first-order valence-electron chi connectivity index (χ1n) is 12.4. The van der Waals surface area contributed by atoms with Crippen LogP contribution in [0, 0.1) is 11.7 Å². The first-order chi connectivity index (χ1) is 17.7. The van der Waals surface area contributed by atoms with Gasteiger partial charge in [-0.3, -0.25) is 9.59 Å². The number of hydrogen-bond donors (Lipinski definition) is 1. The molecule has 0 bridgehead atoms. The van der Waals surface area contributed by atoms with Crippen LogP contribution in [0.3, 0.4) is 0 Å². The zero-order valence-electron chi connectivity index (χ0n) is 21.7. The second-order valence-corrected chi connectivity index (χ2v) is 9.94. The number of hydrogen-bond acceptors (Lipinski definition) is 5. The van der Waals surface area contributed by atoms with Crippen LogP contribution in [0.1, 0.15) is 31.4 Å². The number of benzene rings is 2. The summed E-state index contributed by atoms with van der Waals surface area (Å²) in [6.07, 6.45) is -0.159. The van der Waals surface area contributed by atoms with Crippen LogP contribution in [-0.4, -0.2) is 77.1 Å². The summed E-state index contributed by atoms with van der Waals surface area (Å²) in [5.74, 6) is 0.244. The fourth-order valence-electron chi connectivity index (χ4n) is 4.93. The van der Waals surface area contributed by atoms with E-state index in [1.54, 1.807) is 41.1 Å². The van der Waals surface area contributed by atoms with Crippen LogP contribution in [0.5, 0.6) is 5.75 Å². The molecule has 0 aromatic heterocycles. The fourth-order valence-corrected chi connectivity index (χ4v) is 4.93. The second-order valence-electron chi connectivity index (χ2n) is 9.94. The molecule has 9 nitrogen and oxygen atoms in total. The van der Waals surface area contributed by atoms with Crippen molar-refractivity contribution in [2.45, 2.75) is 45.6 Å². The van der Waals surface area contributed by atoms with E-state index >= 15 is 0 Å². The van der Waals surface area contributed by atoms with E-state index in [0.29, 0.717) is 13.0 Å². The second kappa shape index (κ2) is 11.2. The van der Waals surface area contributed by atoms with E-state index in [9.17, 15) is 18.8 Å². The summed E-state index contributed by atoms with van der Waals surface area (Å²) in [6.45, 7) is 4.75. The number of fused-ring (bicyclic) bond motifs is 1. The number of carbonyl (C=O) groups excluding carboxylic acids is 3. The average Bonchev–Trinajstić information content (AvgIpc) is 2.86. The van der Waals surface area contributed by atoms with Crippen LogP contribution in [0.25, 0.3) is 0 Å². The van der Waals surface area contributed by atoms with Crippen molar-refractivity contribution in [3.8, 4) is 5.75 Å². The molecular weight excluding hydrogens is 477 g/mol. The van der Waals surface area contributed by atoms with E-state index in [-0.39, 0.29) is 43.2 Å². The molecule has 4 rings (SSSR count). The lowest BCUT2D eigenvalue weighted by atomic mass is 9.96. The van der Waals surface area contributed by atoms with Gasteiger partial charge in [0.1, 0.15) is 23.8 Å². The first-order valence-corrected chi connectivity index (χ1v) is 12.4. The number of carbonyl (C=O) groups is 3. The van der Waals surface area contributed by atoms with Gasteiger partial charge in [0.05, 0.1) is 20.2 Å². The van der Waals surface area contributed by atoms with Crippen molar-refractivity contribution in [1.82, 2.24) is 25.1 Å². The maximum Gasteiger partial charge on any atom is 0.334 e. The minimum absolute atomic E-state index is 0.0131. The molecule has 2 heterocycles. The Morgan fingerprint density at radius 2 is 1.73 bits per heavy atom. The van der Waals surface area contributed by atoms with Crippen LogP contribution in [0.4, 0.5) is 9.18 Å². The van der Waals surface area contributed by atoms with E-state index in [1.807, 2.05) is 38.1 Å². The molecule has 0 radical (unpaired) electrons. The summed E-state index contributed by atoms with van der Waals surface area (Å²) >= 11 is 0. The van der Waals surface area contributed by atoms with Crippen molar-refractivity contribution < 1.29 is 23.5 Å². The smallest absolute Gasteiger partial charge is 0.334 e. The van der Waals surface area contributed by atoms with Gasteiger partial charge in [0, 0.05) is 20.1 Å². The van der Waals surface area contributed by atoms with Gasteiger partial charge in [-0.15, -0.1) is 0 Å². The van der Waals surface area contributed by atoms with Crippen molar-refractivity contribution in [3.63, 3.8) is 0 Å². The topological polar surface area (TPSA) is 85.4 Å². The normalized spacial score (nSPS) is 20.3. The highest BCUT2D eigenvalue weighted by Gasteiger charge is 2.50. The monoisotopic (exact) mass is 511 g/mol. The van der Waals surface area contributed by atoms with Gasteiger partial charge in [-0.1, -0.05) is 38.1 Å². The maximum atomic E-state index is 13.6. The number of nitrogens with one attached hydrogen (secondary N) is 1. The number of likely N-dealkylation sites (N-methyl/N-ethyl adjacent to an activating group) is 1. The number of urea groups is 1. The Morgan fingerprint density at radius 3 is 2.35 bits per heavy atom. The Bertz CT molecular complexity index is 1120. The highest BCUT2D eigenvalue weighted by molar-refractivity contribution is 5.91. The highest BCUT2D eigenvalue weighted by Crippen LogP contribution is 2.30. The molecule has 0 saturated carbocycles. The summed E-state index contributed by atoms with van der Waals surface area (Å²) < 4.78 is 18.5. The number of halogens is 1. The molecule has 0 aliphatic carbocycles. The lowest BCUT2D eigenvalue weighted by molar-refractivity contribution is -0.188. The van der Waals surface area contributed by atoms with Crippen LogP contribution < -0.4 is 10.1 Å². The molecule has 1 N–H and O–H groups in total. The minimum atomic E-state index is -0.661. The van der Waals surface area contributed by atoms with Gasteiger partial charge in [-0.25, -0.2) is 19.2 Å². The molecule has 2 aromatic carbocycles. The largest absolute Gasteiger partial charge is 0.497 e. The van der Waals surface area contributed by atoms with Crippen LogP contribution >= 0.6 is 0 Å². The van der Waals surface area contributed by atoms with Gasteiger partial charge >= 0.3 is 6.03 Å². The van der Waals surface area contributed by atoms with Gasteiger partial charge in [-0.05, 0) is 47.7 Å². The lowest BCUT2D eigenvalue weighted by Crippen LogP contribution is -2.75. The number of piperazine rings is 1. The third kappa shape index (κ3) is 5.85. The number of rotatable bonds is 7. The molecule has 2 saturated heterocycles. The Hall–Kier alpha value is -3.66. The number of methoxy groups -OCH3 is 1. The summed E-state index contributed by atoms with van der Waals surface area (Å²) in [5, 5.41) is 5.99. The third-order valence-corrected chi connectivity index (χ3v) is 6.73. The van der Waals surface area contributed by atoms with E-state index in [2.05, 4.69) is 5.32 Å². The van der Waals surface area contributed by atoms with Gasteiger partial charge in [0.15, 0.2) is 0 Å². The average molecular weight is 512 g/mol.